The van der Waals surface area contributed by atoms with Gasteiger partial charge in [0.1, 0.15) is 0 Å². The van der Waals surface area contributed by atoms with Crippen molar-refractivity contribution < 1.29 is 0 Å². The summed E-state index contributed by atoms with van der Waals surface area (Å²) in [4.78, 5) is 2.35. The zero-order valence-electron chi connectivity index (χ0n) is 13.3. The highest BCUT2D eigenvalue weighted by atomic mass is 32.1. The molecule has 0 bridgehead atoms. The monoisotopic (exact) mass is 285 g/mol. The second kappa shape index (κ2) is 6.89. The summed E-state index contributed by atoms with van der Waals surface area (Å²) < 4.78 is 0. The Morgan fingerprint density at radius 3 is 2.42 bits per heavy atom. The van der Waals surface area contributed by atoms with Crippen LogP contribution in [0, 0.1) is 0 Å². The van der Waals surface area contributed by atoms with Crippen molar-refractivity contribution in [2.75, 3.05) is 13.1 Å². The molecule has 1 saturated heterocycles. The van der Waals surface area contributed by atoms with Crippen molar-refractivity contribution in [3.63, 3.8) is 0 Å². The van der Waals surface area contributed by atoms with Crippen molar-refractivity contribution in [1.29, 1.82) is 0 Å². The normalized spacial score (nSPS) is 26.4. The third-order valence-corrected chi connectivity index (χ3v) is 4.17. The summed E-state index contributed by atoms with van der Waals surface area (Å²) in [5.74, 6) is 0. The minimum absolute atomic E-state index is 0.0177. The van der Waals surface area contributed by atoms with Gasteiger partial charge in [-0.05, 0) is 52.4 Å². The highest BCUT2D eigenvalue weighted by Gasteiger charge is 2.43. The van der Waals surface area contributed by atoms with E-state index in [2.05, 4.69) is 50.2 Å². The molecule has 3 nitrogen and oxygen atoms in total. The molecule has 0 radical (unpaired) electrons. The molecular formula is C15H31N3S. The van der Waals surface area contributed by atoms with Gasteiger partial charge in [-0.15, -0.1) is 0 Å². The van der Waals surface area contributed by atoms with Crippen LogP contribution in [0.15, 0.2) is 0 Å². The molecule has 1 unspecified atom stereocenters. The molecule has 1 heterocycles. The maximum Gasteiger partial charge on any atom is 0.170 e. The highest BCUT2D eigenvalue weighted by Crippen LogP contribution is 2.29. The van der Waals surface area contributed by atoms with Crippen LogP contribution >= 0.6 is 12.2 Å². The van der Waals surface area contributed by atoms with E-state index in [1.165, 1.54) is 25.7 Å². The zero-order chi connectivity index (χ0) is 14.5. The molecule has 4 heteroatoms. The minimum Gasteiger partial charge on any atom is -0.358 e. The molecule has 0 aromatic carbocycles. The Balaban J connectivity index is 2.79. The Labute approximate surface area is 124 Å². The topological polar surface area (TPSA) is 27.3 Å². The number of hydrogen-bond donors (Lipinski definition) is 2. The quantitative estimate of drug-likeness (QED) is 0.555. The molecule has 112 valence electrons. The van der Waals surface area contributed by atoms with E-state index in [9.17, 15) is 0 Å². The van der Waals surface area contributed by atoms with Crippen LogP contribution in [0.4, 0.5) is 0 Å². The molecular weight excluding hydrogens is 254 g/mol. The van der Waals surface area contributed by atoms with E-state index in [-0.39, 0.29) is 11.2 Å². The highest BCUT2D eigenvalue weighted by molar-refractivity contribution is 7.80. The van der Waals surface area contributed by atoms with Crippen LogP contribution in [-0.4, -0.2) is 34.3 Å². The fraction of sp³-hybridized carbons (Fsp3) is 0.933. The van der Waals surface area contributed by atoms with Gasteiger partial charge in [0.25, 0.3) is 0 Å². The minimum atomic E-state index is -0.0177. The number of unbranched alkanes of at least 4 members (excludes halogenated alkanes) is 2. The number of thiocarbonyl (C=S) groups is 1. The van der Waals surface area contributed by atoms with Crippen molar-refractivity contribution in [2.45, 2.75) is 77.9 Å². The first-order valence-corrected chi connectivity index (χ1v) is 8.10. The molecule has 0 aromatic rings. The largest absolute Gasteiger partial charge is 0.358 e. The average molecular weight is 286 g/mol. The molecule has 0 spiro atoms. The van der Waals surface area contributed by atoms with Crippen molar-refractivity contribution in [1.82, 2.24) is 15.5 Å². The maximum absolute atomic E-state index is 5.59. The van der Waals surface area contributed by atoms with Crippen LogP contribution in [0.2, 0.25) is 0 Å². The molecule has 0 amide bonds. The van der Waals surface area contributed by atoms with E-state index in [4.69, 9.17) is 12.2 Å². The number of nitrogens with zero attached hydrogens (tertiary/aromatic N) is 1. The van der Waals surface area contributed by atoms with Crippen LogP contribution in [0.1, 0.15) is 66.7 Å². The first-order chi connectivity index (χ1) is 8.84. The molecule has 0 saturated carbocycles. The summed E-state index contributed by atoms with van der Waals surface area (Å²) >= 11 is 5.59. The van der Waals surface area contributed by atoms with E-state index in [0.717, 1.165) is 24.6 Å². The number of nitrogens with one attached hydrogen (secondary N) is 2. The summed E-state index contributed by atoms with van der Waals surface area (Å²) in [6.07, 6.45) is 5.90. The lowest BCUT2D eigenvalue weighted by molar-refractivity contribution is 0.0743. The Morgan fingerprint density at radius 1 is 1.21 bits per heavy atom. The third kappa shape index (κ3) is 4.60. The fourth-order valence-electron chi connectivity index (χ4n) is 2.94. The van der Waals surface area contributed by atoms with E-state index < -0.39 is 0 Å². The van der Waals surface area contributed by atoms with Gasteiger partial charge >= 0.3 is 0 Å². The predicted molar refractivity (Wildman–Crippen MR) is 87.4 cm³/mol. The van der Waals surface area contributed by atoms with Gasteiger partial charge in [0.2, 0.25) is 0 Å². The fourth-order valence-corrected chi connectivity index (χ4v) is 3.51. The number of rotatable bonds is 7. The SMILES string of the molecule is CCCCNC1(C)CC(C)(C)NC(=S)N1CCCC. The van der Waals surface area contributed by atoms with E-state index in [1.807, 2.05) is 0 Å². The summed E-state index contributed by atoms with van der Waals surface area (Å²) in [5.41, 5.74) is 0.0456. The molecule has 1 rings (SSSR count). The van der Waals surface area contributed by atoms with E-state index >= 15 is 0 Å². The van der Waals surface area contributed by atoms with Gasteiger partial charge in [-0.1, -0.05) is 26.7 Å². The lowest BCUT2D eigenvalue weighted by Gasteiger charge is -2.53. The zero-order valence-corrected chi connectivity index (χ0v) is 14.1. The van der Waals surface area contributed by atoms with Gasteiger partial charge in [-0.3, -0.25) is 5.32 Å². The van der Waals surface area contributed by atoms with Crippen molar-refractivity contribution in [2.24, 2.45) is 0 Å². The maximum atomic E-state index is 5.59. The molecule has 1 atom stereocenters. The molecule has 0 aliphatic carbocycles. The summed E-state index contributed by atoms with van der Waals surface area (Å²) in [6.45, 7) is 13.3. The summed E-state index contributed by atoms with van der Waals surface area (Å²) in [7, 11) is 0. The molecule has 1 aliphatic heterocycles. The summed E-state index contributed by atoms with van der Waals surface area (Å²) in [5, 5.41) is 8.12. The van der Waals surface area contributed by atoms with Crippen LogP contribution < -0.4 is 10.6 Å². The number of hydrogen-bond acceptors (Lipinski definition) is 2. The standard InChI is InChI=1S/C15H31N3S/c1-6-8-10-16-15(5)12-14(3,4)17-13(19)18(15)11-9-7-2/h16H,6-12H2,1-5H3,(H,17,19). The van der Waals surface area contributed by atoms with Crippen LogP contribution in [-0.2, 0) is 0 Å². The van der Waals surface area contributed by atoms with Gasteiger partial charge < -0.3 is 10.2 Å². The second-order valence-electron chi connectivity index (χ2n) is 6.55. The lowest BCUT2D eigenvalue weighted by Crippen LogP contribution is -2.71. The van der Waals surface area contributed by atoms with Gasteiger partial charge in [-0.25, -0.2) is 0 Å². The Hall–Kier alpha value is -0.350. The molecule has 19 heavy (non-hydrogen) atoms. The predicted octanol–water partition coefficient (Wildman–Crippen LogP) is 3.25. The van der Waals surface area contributed by atoms with Crippen LogP contribution in [0.3, 0.4) is 0 Å². The Kier molecular flexibility index (Phi) is 6.06. The van der Waals surface area contributed by atoms with Crippen LogP contribution in [0.5, 0.6) is 0 Å². The van der Waals surface area contributed by atoms with E-state index in [0.29, 0.717) is 0 Å². The molecule has 1 fully saturated rings. The molecule has 1 aliphatic rings. The molecule has 0 aromatic heterocycles. The summed E-state index contributed by atoms with van der Waals surface area (Å²) in [6, 6.07) is 0. The van der Waals surface area contributed by atoms with Crippen molar-refractivity contribution >= 4 is 17.3 Å². The smallest absolute Gasteiger partial charge is 0.170 e. The Morgan fingerprint density at radius 2 is 1.84 bits per heavy atom. The average Bonchev–Trinajstić information content (AvgIpc) is 2.26. The van der Waals surface area contributed by atoms with Gasteiger partial charge in [0, 0.05) is 18.5 Å². The van der Waals surface area contributed by atoms with E-state index in [1.54, 1.807) is 0 Å². The van der Waals surface area contributed by atoms with Crippen molar-refractivity contribution in [3.05, 3.63) is 0 Å². The first-order valence-electron chi connectivity index (χ1n) is 7.69. The first kappa shape index (κ1) is 16.7. The van der Waals surface area contributed by atoms with Gasteiger partial charge in [-0.2, -0.15) is 0 Å². The molecule has 2 N–H and O–H groups in total. The second-order valence-corrected chi connectivity index (χ2v) is 6.94. The van der Waals surface area contributed by atoms with Crippen LogP contribution in [0.25, 0.3) is 0 Å². The Bertz CT molecular complexity index is 304. The van der Waals surface area contributed by atoms with Gasteiger partial charge in [0.15, 0.2) is 5.11 Å². The van der Waals surface area contributed by atoms with Crippen molar-refractivity contribution in [3.8, 4) is 0 Å². The van der Waals surface area contributed by atoms with Gasteiger partial charge in [0.05, 0.1) is 5.66 Å². The third-order valence-electron chi connectivity index (χ3n) is 3.84. The lowest BCUT2D eigenvalue weighted by atomic mass is 9.87.